The van der Waals surface area contributed by atoms with Crippen molar-refractivity contribution in [2.24, 2.45) is 0 Å². The Morgan fingerprint density at radius 2 is 1.81 bits per heavy atom. The number of amides is 3. The summed E-state index contributed by atoms with van der Waals surface area (Å²) in [5, 5.41) is 7.79. The number of anilines is 3. The summed E-state index contributed by atoms with van der Waals surface area (Å²) in [6, 6.07) is 13.5. The highest BCUT2D eigenvalue weighted by Crippen LogP contribution is 2.19. The molecule has 0 heterocycles. The average Bonchev–Trinajstić information content (AvgIpc) is 2.62. The Hall–Kier alpha value is -3.09. The van der Waals surface area contributed by atoms with Crippen molar-refractivity contribution < 1.29 is 14.0 Å². The van der Waals surface area contributed by atoms with E-state index in [4.69, 9.17) is 0 Å². The van der Waals surface area contributed by atoms with Gasteiger partial charge in [-0.25, -0.2) is 9.18 Å². The van der Waals surface area contributed by atoms with Gasteiger partial charge in [0.25, 0.3) is 0 Å². The van der Waals surface area contributed by atoms with Gasteiger partial charge in [-0.1, -0.05) is 18.2 Å². The Morgan fingerprint density at radius 1 is 1.12 bits per heavy atom. The summed E-state index contributed by atoms with van der Waals surface area (Å²) in [4.78, 5) is 25.2. The molecule has 3 N–H and O–H groups in total. The highest BCUT2D eigenvalue weighted by molar-refractivity contribution is 5.92. The summed E-state index contributed by atoms with van der Waals surface area (Å²) in [6.45, 7) is 3.72. The second-order valence-corrected chi connectivity index (χ2v) is 6.01. The number of hydrogen-bond acceptors (Lipinski definition) is 3. The standard InChI is InChI=1S/C19H23FN4O2/c1-13(24(3)16-7-5-4-6-8-16)12-21-19(26)23-15-9-10-17(20)18(11-15)22-14(2)25/h4-11,13H,12H2,1-3H3,(H,22,25)(H2,21,23,26). The summed E-state index contributed by atoms with van der Waals surface area (Å²) in [5.41, 5.74) is 1.46. The number of hydrogen-bond donors (Lipinski definition) is 3. The van der Waals surface area contributed by atoms with Crippen LogP contribution in [0.25, 0.3) is 0 Å². The third-order valence-electron chi connectivity index (χ3n) is 3.92. The maximum Gasteiger partial charge on any atom is 0.319 e. The lowest BCUT2D eigenvalue weighted by atomic mass is 10.2. The molecule has 0 aliphatic rings. The summed E-state index contributed by atoms with van der Waals surface area (Å²) in [5.74, 6) is -0.951. The van der Waals surface area contributed by atoms with Crippen LogP contribution in [-0.4, -0.2) is 31.6 Å². The van der Waals surface area contributed by atoms with Gasteiger partial charge in [-0.15, -0.1) is 0 Å². The number of carbonyl (C=O) groups is 2. The molecule has 0 saturated carbocycles. The smallest absolute Gasteiger partial charge is 0.319 e. The molecular formula is C19H23FN4O2. The minimum atomic E-state index is -0.565. The Kier molecular flexibility index (Phi) is 6.54. The molecule has 7 heteroatoms. The molecule has 0 aromatic heterocycles. The van der Waals surface area contributed by atoms with Crippen LogP contribution in [0.1, 0.15) is 13.8 Å². The van der Waals surface area contributed by atoms with E-state index in [9.17, 15) is 14.0 Å². The summed E-state index contributed by atoms with van der Waals surface area (Å²) in [6.07, 6.45) is 0. The zero-order chi connectivity index (χ0) is 19.1. The van der Waals surface area contributed by atoms with Gasteiger partial charge >= 0.3 is 6.03 Å². The Labute approximate surface area is 152 Å². The largest absolute Gasteiger partial charge is 0.370 e. The predicted molar refractivity (Wildman–Crippen MR) is 102 cm³/mol. The van der Waals surface area contributed by atoms with E-state index in [2.05, 4.69) is 20.9 Å². The molecule has 0 saturated heterocycles. The molecule has 0 fully saturated rings. The molecule has 2 aromatic rings. The highest BCUT2D eigenvalue weighted by atomic mass is 19.1. The van der Waals surface area contributed by atoms with E-state index < -0.39 is 11.8 Å². The van der Waals surface area contributed by atoms with Crippen LogP contribution < -0.4 is 20.9 Å². The molecule has 0 aliphatic heterocycles. The lowest BCUT2D eigenvalue weighted by Gasteiger charge is -2.27. The van der Waals surface area contributed by atoms with Crippen molar-refractivity contribution in [3.05, 3.63) is 54.3 Å². The summed E-state index contributed by atoms with van der Waals surface area (Å²) >= 11 is 0. The predicted octanol–water partition coefficient (Wildman–Crippen LogP) is 3.43. The molecule has 2 aromatic carbocycles. The minimum absolute atomic E-state index is 0.0208. The molecule has 0 aliphatic carbocycles. The summed E-state index contributed by atoms with van der Waals surface area (Å²) < 4.78 is 13.6. The van der Waals surface area contributed by atoms with Gasteiger partial charge in [0.05, 0.1) is 5.69 Å². The Bertz CT molecular complexity index is 767. The van der Waals surface area contributed by atoms with Crippen molar-refractivity contribution in [2.45, 2.75) is 19.9 Å². The molecular weight excluding hydrogens is 335 g/mol. The number of nitrogens with one attached hydrogen (secondary N) is 3. The number of likely N-dealkylation sites (N-methyl/N-ethyl adjacent to an activating group) is 1. The van der Waals surface area contributed by atoms with Gasteiger partial charge in [0, 0.05) is 37.9 Å². The molecule has 1 unspecified atom stereocenters. The van der Waals surface area contributed by atoms with Crippen LogP contribution in [0, 0.1) is 5.82 Å². The lowest BCUT2D eigenvalue weighted by Crippen LogP contribution is -2.41. The fraction of sp³-hybridized carbons (Fsp3) is 0.263. The van der Waals surface area contributed by atoms with Crippen LogP contribution >= 0.6 is 0 Å². The molecule has 0 spiro atoms. The first kappa shape index (κ1) is 19.2. The maximum absolute atomic E-state index is 13.6. The molecule has 6 nitrogen and oxygen atoms in total. The number of carbonyl (C=O) groups excluding carboxylic acids is 2. The number of nitrogens with zero attached hydrogens (tertiary/aromatic N) is 1. The lowest BCUT2D eigenvalue weighted by molar-refractivity contribution is -0.114. The number of halogens is 1. The SMILES string of the molecule is CC(=O)Nc1cc(NC(=O)NCC(C)N(C)c2ccccc2)ccc1F. The third-order valence-corrected chi connectivity index (χ3v) is 3.92. The van der Waals surface area contributed by atoms with E-state index in [1.54, 1.807) is 0 Å². The van der Waals surface area contributed by atoms with E-state index in [-0.39, 0.29) is 17.6 Å². The fourth-order valence-electron chi connectivity index (χ4n) is 2.36. The Morgan fingerprint density at radius 3 is 2.46 bits per heavy atom. The second kappa shape index (κ2) is 8.84. The van der Waals surface area contributed by atoms with Crippen molar-refractivity contribution >= 4 is 29.0 Å². The van der Waals surface area contributed by atoms with Crippen molar-refractivity contribution in [1.29, 1.82) is 0 Å². The van der Waals surface area contributed by atoms with Crippen LogP contribution in [0.2, 0.25) is 0 Å². The van der Waals surface area contributed by atoms with Gasteiger partial charge in [0.15, 0.2) is 0 Å². The first-order valence-electron chi connectivity index (χ1n) is 8.26. The third kappa shape index (κ3) is 5.47. The molecule has 1 atom stereocenters. The van der Waals surface area contributed by atoms with Crippen molar-refractivity contribution in [1.82, 2.24) is 5.32 Å². The first-order valence-corrected chi connectivity index (χ1v) is 8.26. The van der Waals surface area contributed by atoms with Crippen molar-refractivity contribution in [3.63, 3.8) is 0 Å². The van der Waals surface area contributed by atoms with Gasteiger partial charge in [-0.3, -0.25) is 4.79 Å². The van der Waals surface area contributed by atoms with E-state index in [0.717, 1.165) is 5.69 Å². The van der Waals surface area contributed by atoms with Gasteiger partial charge < -0.3 is 20.9 Å². The number of rotatable bonds is 6. The topological polar surface area (TPSA) is 73.5 Å². The quantitative estimate of drug-likeness (QED) is 0.741. The molecule has 2 rings (SSSR count). The fourth-order valence-corrected chi connectivity index (χ4v) is 2.36. The Balaban J connectivity index is 1.89. The average molecular weight is 358 g/mol. The molecule has 0 bridgehead atoms. The van der Waals surface area contributed by atoms with Crippen molar-refractivity contribution in [3.8, 4) is 0 Å². The highest BCUT2D eigenvalue weighted by Gasteiger charge is 2.12. The minimum Gasteiger partial charge on any atom is -0.370 e. The first-order chi connectivity index (χ1) is 12.4. The number of urea groups is 1. The van der Waals surface area contributed by atoms with Crippen LogP contribution in [0.3, 0.4) is 0 Å². The monoisotopic (exact) mass is 358 g/mol. The maximum atomic E-state index is 13.6. The van der Waals surface area contributed by atoms with Crippen LogP contribution in [0.5, 0.6) is 0 Å². The molecule has 3 amide bonds. The van der Waals surface area contributed by atoms with E-state index in [0.29, 0.717) is 12.2 Å². The zero-order valence-electron chi connectivity index (χ0n) is 15.0. The molecule has 26 heavy (non-hydrogen) atoms. The van der Waals surface area contributed by atoms with Crippen LogP contribution in [-0.2, 0) is 4.79 Å². The number of para-hydroxylation sites is 1. The number of benzene rings is 2. The van der Waals surface area contributed by atoms with Crippen LogP contribution in [0.4, 0.5) is 26.2 Å². The zero-order valence-corrected chi connectivity index (χ0v) is 15.0. The van der Waals surface area contributed by atoms with Gasteiger partial charge in [0.2, 0.25) is 5.91 Å². The van der Waals surface area contributed by atoms with Gasteiger partial charge in [-0.2, -0.15) is 0 Å². The van der Waals surface area contributed by atoms with E-state index in [1.165, 1.54) is 25.1 Å². The van der Waals surface area contributed by atoms with Gasteiger partial charge in [-0.05, 0) is 37.3 Å². The van der Waals surface area contributed by atoms with Crippen molar-refractivity contribution in [2.75, 3.05) is 29.1 Å². The molecule has 138 valence electrons. The normalized spacial score (nSPS) is 11.4. The van der Waals surface area contributed by atoms with Crippen LogP contribution in [0.15, 0.2) is 48.5 Å². The summed E-state index contributed by atoms with van der Waals surface area (Å²) in [7, 11) is 1.96. The van der Waals surface area contributed by atoms with E-state index >= 15 is 0 Å². The second-order valence-electron chi connectivity index (χ2n) is 6.01. The van der Waals surface area contributed by atoms with E-state index in [1.807, 2.05) is 44.3 Å². The van der Waals surface area contributed by atoms with Gasteiger partial charge in [0.1, 0.15) is 5.82 Å². The molecule has 0 radical (unpaired) electrons.